The zero-order valence-electron chi connectivity index (χ0n) is 47.3. The van der Waals surface area contributed by atoms with E-state index >= 15 is 0 Å². The van der Waals surface area contributed by atoms with Gasteiger partial charge in [0.1, 0.15) is 23.0 Å². The van der Waals surface area contributed by atoms with E-state index in [1.807, 2.05) is 121 Å². The molecule has 0 aliphatic rings. The molecule has 0 bridgehead atoms. The van der Waals surface area contributed by atoms with Crippen molar-refractivity contribution in [2.45, 2.75) is 19.6 Å². The Balaban J connectivity index is 0.000000211. The summed E-state index contributed by atoms with van der Waals surface area (Å²) in [6, 6.07) is 114. The van der Waals surface area contributed by atoms with E-state index in [1.165, 1.54) is 42.4 Å². The van der Waals surface area contributed by atoms with Crippen LogP contribution in [-0.4, -0.2) is 20.4 Å². The van der Waals surface area contributed by atoms with Gasteiger partial charge in [0, 0.05) is 80.9 Å². The van der Waals surface area contributed by atoms with Crippen LogP contribution in [0.3, 0.4) is 0 Å². The maximum atomic E-state index is 10.0. The summed E-state index contributed by atoms with van der Waals surface area (Å²) in [6.07, 6.45) is 0. The zero-order valence-corrected chi connectivity index (χ0v) is 60.6. The van der Waals surface area contributed by atoms with Crippen LogP contribution in [0, 0.1) is 0 Å². The largest absolute Gasteiger partial charge is 1.00 e. The van der Waals surface area contributed by atoms with Crippen molar-refractivity contribution in [3.63, 3.8) is 0 Å². The molecule has 12 aromatic rings. The monoisotopic (exact) mass is 1490 g/mol. The van der Waals surface area contributed by atoms with Crippen LogP contribution in [0.1, 0.15) is 0 Å². The van der Waals surface area contributed by atoms with Crippen molar-refractivity contribution in [1.82, 2.24) is 0 Å². The second kappa shape index (κ2) is 40.9. The van der Waals surface area contributed by atoms with E-state index in [0.717, 1.165) is 19.6 Å². The van der Waals surface area contributed by atoms with Crippen LogP contribution < -0.4 is 67.3 Å². The van der Waals surface area contributed by atoms with Crippen LogP contribution in [0.2, 0.25) is 0 Å². The summed E-state index contributed by atoms with van der Waals surface area (Å²) in [7, 11) is -2.35. The minimum absolute atomic E-state index is 0. The van der Waals surface area contributed by atoms with Gasteiger partial charge in [0.2, 0.25) is 0 Å². The van der Waals surface area contributed by atoms with Crippen molar-refractivity contribution in [2.75, 3.05) is 0 Å². The molecule has 0 unspecified atom stereocenters. The van der Waals surface area contributed by atoms with Gasteiger partial charge in [0.05, 0.1) is 19.6 Å². The van der Waals surface area contributed by atoms with Gasteiger partial charge in [-0.25, -0.2) is 0 Å². The molecule has 12 aromatic carbocycles. The van der Waals surface area contributed by atoms with Gasteiger partial charge in [0.25, 0.3) is 0 Å². The Hall–Kier alpha value is -4.69. The van der Waals surface area contributed by atoms with Crippen molar-refractivity contribution >= 4 is 116 Å². The standard InChI is InChI=1S/4C18H15OPS.2ClH.2Zr/c4*19-17-13-7-8-14-18(17)21-20(15-9-3-1-4-10-15)16-11-5-2-6-12-16;;;;/h4*1-14,19H;2*1H;;/p-2. The topological polar surface area (TPSA) is 80.9 Å². The Morgan fingerprint density at radius 3 is 0.409 bits per heavy atom. The number of hydrogen-bond acceptors (Lipinski definition) is 8. The van der Waals surface area contributed by atoms with Gasteiger partial charge in [-0.1, -0.05) is 337 Å². The number of para-hydroxylation sites is 4. The first-order valence-electron chi connectivity index (χ1n) is 26.8. The van der Waals surface area contributed by atoms with Crippen molar-refractivity contribution in [3.05, 3.63) is 340 Å². The van der Waals surface area contributed by atoms with Crippen molar-refractivity contribution in [2.24, 2.45) is 0 Å². The molecule has 0 spiro atoms. The molecule has 0 aliphatic heterocycles. The first-order valence-corrected chi connectivity index (χ1v) is 37.9. The molecule has 0 saturated carbocycles. The van der Waals surface area contributed by atoms with Crippen LogP contribution in [0.25, 0.3) is 0 Å². The van der Waals surface area contributed by atoms with Gasteiger partial charge in [-0.15, -0.1) is 0 Å². The molecule has 0 fully saturated rings. The van der Waals surface area contributed by atoms with Gasteiger partial charge in [-0.05, 0) is 91.0 Å². The summed E-state index contributed by atoms with van der Waals surface area (Å²) in [4.78, 5) is 3.71. The summed E-state index contributed by atoms with van der Waals surface area (Å²) < 4.78 is 0. The van der Waals surface area contributed by atoms with Gasteiger partial charge in [-0.3, -0.25) is 0 Å². The van der Waals surface area contributed by atoms with Gasteiger partial charge in [-0.2, -0.15) is 0 Å². The normalized spacial score (nSPS) is 10.2. The molecule has 440 valence electrons. The maximum absolute atomic E-state index is 10.0. The third kappa shape index (κ3) is 22.9. The fraction of sp³-hybridized carbons (Fsp3) is 0. The predicted octanol–water partition coefficient (Wildman–Crippen LogP) is 12.1. The summed E-state index contributed by atoms with van der Waals surface area (Å²) in [5.74, 6) is 1.40. The van der Waals surface area contributed by atoms with E-state index in [2.05, 4.69) is 194 Å². The molecule has 4 nitrogen and oxygen atoms in total. The molecule has 4 N–H and O–H groups in total. The van der Waals surface area contributed by atoms with E-state index in [4.69, 9.17) is 0 Å². The first kappa shape index (κ1) is 74.0. The number of rotatable bonds is 16. The third-order valence-corrected chi connectivity index (χ3v) is 30.8. The Morgan fingerprint density at radius 1 is 0.170 bits per heavy atom. The second-order valence-electron chi connectivity index (χ2n) is 18.1. The first-order chi connectivity index (χ1) is 41.4. The fourth-order valence-electron chi connectivity index (χ4n) is 8.06. The third-order valence-electron chi connectivity index (χ3n) is 12.1. The van der Waals surface area contributed by atoms with E-state index in [0.29, 0.717) is 23.0 Å². The van der Waals surface area contributed by atoms with Crippen LogP contribution in [0.15, 0.2) is 359 Å². The van der Waals surface area contributed by atoms with E-state index in [-0.39, 0.29) is 77.2 Å². The second-order valence-corrected chi connectivity index (χ2v) is 33.6. The number of phenols is 4. The Kier molecular flexibility index (Phi) is 34.4. The molecule has 0 heterocycles. The Labute approximate surface area is 590 Å². The zero-order chi connectivity index (χ0) is 58.0. The molecule has 0 radical (unpaired) electrons. The minimum atomic E-state index is -0.587. The van der Waals surface area contributed by atoms with Gasteiger partial charge >= 0.3 is 0 Å². The summed E-state index contributed by atoms with van der Waals surface area (Å²) in [6.45, 7) is 0. The molecule has 12 rings (SSSR count). The molecular formula is C72H60Cl2O4P4S4Zr2-2. The smallest absolute Gasteiger partial charge is 0.129 e. The minimum Gasteiger partial charge on any atom is -1.00 e. The van der Waals surface area contributed by atoms with E-state index < -0.39 is 28.5 Å². The summed E-state index contributed by atoms with van der Waals surface area (Å²) >= 11 is 6.95. The molecule has 16 heteroatoms. The summed E-state index contributed by atoms with van der Waals surface area (Å²) in [5, 5.41) is 50.6. The maximum Gasteiger partial charge on any atom is 0.129 e. The average Bonchev–Trinajstić information content (AvgIpc) is 3.18. The fourth-order valence-corrected chi connectivity index (χ4v) is 25.3. The SMILES string of the molecule is Oc1ccccc1SP(c1ccccc1)c1ccccc1.Oc1ccccc1SP(c1ccccc1)c1ccccc1.Oc1ccccc1SP(c1ccccc1)c1ccccc1.Oc1ccccc1SP(c1ccccc1)c1ccccc1.[Cl-].[Cl-].[Zr].[Zr]. The van der Waals surface area contributed by atoms with E-state index in [9.17, 15) is 20.4 Å². The molecule has 0 aromatic heterocycles. The van der Waals surface area contributed by atoms with Crippen molar-refractivity contribution < 1.29 is 97.6 Å². The predicted molar refractivity (Wildman–Crippen MR) is 372 cm³/mol. The van der Waals surface area contributed by atoms with Crippen LogP contribution in [0.4, 0.5) is 0 Å². The number of phenolic OH excluding ortho intramolecular Hbond substituents is 4. The molecular weight excluding hydrogens is 1430 g/mol. The van der Waals surface area contributed by atoms with Crippen LogP contribution in [0.5, 0.6) is 23.0 Å². The Morgan fingerprint density at radius 2 is 0.284 bits per heavy atom. The number of halogens is 2. The van der Waals surface area contributed by atoms with Crippen molar-refractivity contribution in [1.29, 1.82) is 0 Å². The Bertz CT molecular complexity index is 3180. The molecule has 0 aliphatic carbocycles. The summed E-state index contributed by atoms with van der Waals surface area (Å²) in [5.41, 5.74) is 0. The van der Waals surface area contributed by atoms with E-state index in [1.54, 1.807) is 69.8 Å². The molecule has 0 atom stereocenters. The van der Waals surface area contributed by atoms with Gasteiger partial charge < -0.3 is 45.2 Å². The van der Waals surface area contributed by atoms with Crippen molar-refractivity contribution in [3.8, 4) is 23.0 Å². The van der Waals surface area contributed by atoms with Crippen LogP contribution in [-0.2, 0) is 52.4 Å². The quantitative estimate of drug-likeness (QED) is 0.0713. The number of hydrogen-bond donors (Lipinski definition) is 4. The molecule has 0 amide bonds. The van der Waals surface area contributed by atoms with Gasteiger partial charge in [0.15, 0.2) is 0 Å². The molecule has 88 heavy (non-hydrogen) atoms. The van der Waals surface area contributed by atoms with Crippen LogP contribution >= 0.6 is 74.0 Å². The number of benzene rings is 12. The average molecular weight is 1490 g/mol. The molecule has 0 saturated heterocycles. The number of aromatic hydroxyl groups is 4.